The summed E-state index contributed by atoms with van der Waals surface area (Å²) in [7, 11) is 0. The summed E-state index contributed by atoms with van der Waals surface area (Å²) in [6.45, 7) is 3.45. The molecule has 1 fully saturated rings. The molecule has 0 unspecified atom stereocenters. The molecule has 1 aliphatic rings. The van der Waals surface area contributed by atoms with E-state index in [9.17, 15) is 25.0 Å². The van der Waals surface area contributed by atoms with E-state index >= 15 is 0 Å². The lowest BCUT2D eigenvalue weighted by molar-refractivity contribution is -0.384. The predicted molar refractivity (Wildman–Crippen MR) is 107 cm³/mol. The van der Waals surface area contributed by atoms with E-state index < -0.39 is 16.8 Å². The van der Waals surface area contributed by atoms with Crippen molar-refractivity contribution in [3.63, 3.8) is 0 Å². The zero-order valence-corrected chi connectivity index (χ0v) is 16.6. The maximum absolute atomic E-state index is 12.6. The third-order valence-corrected chi connectivity index (χ3v) is 5.53. The van der Waals surface area contributed by atoms with Crippen molar-refractivity contribution in [3.05, 3.63) is 49.9 Å². The number of carbonyl (C=O) groups excluding carboxylic acids is 2. The SMILES string of the molecule is CCOC(=O)c1sc(NC(=O)c2ccc(NC3CC3)c([N+](=O)[O-])c2)c(C#N)c1C. The molecule has 10 heteroatoms. The second-order valence-corrected chi connectivity index (χ2v) is 7.47. The molecule has 0 radical (unpaired) electrons. The molecule has 1 heterocycles. The Balaban J connectivity index is 1.87. The molecule has 2 aromatic rings. The van der Waals surface area contributed by atoms with Gasteiger partial charge in [-0.3, -0.25) is 14.9 Å². The van der Waals surface area contributed by atoms with Gasteiger partial charge in [0.2, 0.25) is 0 Å². The van der Waals surface area contributed by atoms with Crippen molar-refractivity contribution >= 4 is 39.6 Å². The topological polar surface area (TPSA) is 134 Å². The summed E-state index contributed by atoms with van der Waals surface area (Å²) in [6.07, 6.45) is 1.91. The van der Waals surface area contributed by atoms with Gasteiger partial charge in [0, 0.05) is 17.7 Å². The van der Waals surface area contributed by atoms with E-state index in [1.54, 1.807) is 13.8 Å². The van der Waals surface area contributed by atoms with Gasteiger partial charge in [-0.25, -0.2) is 4.79 Å². The maximum atomic E-state index is 12.6. The number of benzene rings is 1. The molecule has 2 N–H and O–H groups in total. The van der Waals surface area contributed by atoms with E-state index in [1.165, 1.54) is 18.2 Å². The number of ether oxygens (including phenoxy) is 1. The first-order chi connectivity index (χ1) is 13.8. The molecule has 1 aliphatic carbocycles. The summed E-state index contributed by atoms with van der Waals surface area (Å²) in [6, 6.07) is 6.37. The van der Waals surface area contributed by atoms with Crippen LogP contribution in [0.25, 0.3) is 0 Å². The Morgan fingerprint density at radius 3 is 2.72 bits per heavy atom. The predicted octanol–water partition coefficient (Wildman–Crippen LogP) is 3.84. The molecule has 0 saturated heterocycles. The normalized spacial score (nSPS) is 12.7. The van der Waals surface area contributed by atoms with Gasteiger partial charge in [0.1, 0.15) is 21.6 Å². The van der Waals surface area contributed by atoms with Crippen molar-refractivity contribution in [3.8, 4) is 6.07 Å². The summed E-state index contributed by atoms with van der Waals surface area (Å²) in [4.78, 5) is 35.8. The van der Waals surface area contributed by atoms with Crippen LogP contribution in [0.5, 0.6) is 0 Å². The fraction of sp³-hybridized carbons (Fsp3) is 0.316. The Labute approximate surface area is 170 Å². The monoisotopic (exact) mass is 414 g/mol. The van der Waals surface area contributed by atoms with Crippen LogP contribution in [0, 0.1) is 28.4 Å². The number of nitriles is 1. The van der Waals surface area contributed by atoms with Crippen molar-refractivity contribution in [2.75, 3.05) is 17.2 Å². The van der Waals surface area contributed by atoms with Crippen molar-refractivity contribution < 1.29 is 19.2 Å². The minimum absolute atomic E-state index is 0.0747. The molecule has 0 aliphatic heterocycles. The van der Waals surface area contributed by atoms with E-state index in [1.807, 2.05) is 6.07 Å². The number of hydrogen-bond acceptors (Lipinski definition) is 8. The van der Waals surface area contributed by atoms with Gasteiger partial charge in [-0.05, 0) is 44.4 Å². The van der Waals surface area contributed by atoms with Gasteiger partial charge in [-0.1, -0.05) is 0 Å². The Hall–Kier alpha value is -3.45. The highest BCUT2D eigenvalue weighted by Gasteiger charge is 2.26. The number of anilines is 2. The van der Waals surface area contributed by atoms with Crippen molar-refractivity contribution in [1.82, 2.24) is 0 Å². The maximum Gasteiger partial charge on any atom is 0.348 e. The van der Waals surface area contributed by atoms with Crippen LogP contribution in [0.15, 0.2) is 18.2 Å². The first-order valence-corrected chi connectivity index (χ1v) is 9.74. The number of nitro groups is 1. The highest BCUT2D eigenvalue weighted by Crippen LogP contribution is 2.35. The highest BCUT2D eigenvalue weighted by atomic mass is 32.1. The Morgan fingerprint density at radius 2 is 2.14 bits per heavy atom. The van der Waals surface area contributed by atoms with E-state index in [0.29, 0.717) is 11.3 Å². The molecule has 0 atom stereocenters. The summed E-state index contributed by atoms with van der Waals surface area (Å²) in [5.74, 6) is -1.18. The Bertz CT molecular complexity index is 1040. The fourth-order valence-electron chi connectivity index (χ4n) is 2.70. The van der Waals surface area contributed by atoms with Crippen molar-refractivity contribution in [2.24, 2.45) is 0 Å². The zero-order valence-electron chi connectivity index (χ0n) is 15.8. The number of nitrogens with one attached hydrogen (secondary N) is 2. The lowest BCUT2D eigenvalue weighted by Gasteiger charge is -2.08. The quantitative estimate of drug-likeness (QED) is 0.399. The number of nitro benzene ring substituents is 1. The largest absolute Gasteiger partial charge is 0.462 e. The van der Waals surface area contributed by atoms with Crippen molar-refractivity contribution in [2.45, 2.75) is 32.7 Å². The molecular weight excluding hydrogens is 396 g/mol. The van der Waals surface area contributed by atoms with Crippen LogP contribution in [-0.2, 0) is 4.74 Å². The number of carbonyl (C=O) groups is 2. The summed E-state index contributed by atoms with van der Waals surface area (Å²) < 4.78 is 4.97. The molecule has 9 nitrogen and oxygen atoms in total. The Kier molecular flexibility index (Phi) is 5.79. The van der Waals surface area contributed by atoms with E-state index in [0.717, 1.165) is 24.2 Å². The molecular formula is C19H18N4O5S. The fourth-order valence-corrected chi connectivity index (χ4v) is 3.74. The Morgan fingerprint density at radius 1 is 1.41 bits per heavy atom. The van der Waals surface area contributed by atoms with Gasteiger partial charge in [0.25, 0.3) is 11.6 Å². The molecule has 0 bridgehead atoms. The van der Waals surface area contributed by atoms with E-state index in [4.69, 9.17) is 4.74 Å². The van der Waals surface area contributed by atoms with Crippen LogP contribution in [0.3, 0.4) is 0 Å². The van der Waals surface area contributed by atoms with Crippen LogP contribution in [0.4, 0.5) is 16.4 Å². The van der Waals surface area contributed by atoms with Gasteiger partial charge in [0.05, 0.1) is 17.1 Å². The molecule has 1 aromatic carbocycles. The molecule has 29 heavy (non-hydrogen) atoms. The smallest absolute Gasteiger partial charge is 0.348 e. The number of hydrogen-bond donors (Lipinski definition) is 2. The van der Waals surface area contributed by atoms with E-state index in [2.05, 4.69) is 10.6 Å². The van der Waals surface area contributed by atoms with E-state index in [-0.39, 0.29) is 39.3 Å². The molecule has 3 rings (SSSR count). The minimum Gasteiger partial charge on any atom is -0.462 e. The standard InChI is InChI=1S/C19H18N4O5S/c1-3-28-19(25)16-10(2)13(9-20)18(29-16)22-17(24)11-4-7-14(21-12-5-6-12)15(8-11)23(26)27/h4,7-8,12,21H,3,5-6H2,1-2H3,(H,22,24). The first-order valence-electron chi connectivity index (χ1n) is 8.92. The van der Waals surface area contributed by atoms with Gasteiger partial charge >= 0.3 is 5.97 Å². The number of thiophene rings is 1. The highest BCUT2D eigenvalue weighted by molar-refractivity contribution is 7.18. The molecule has 1 amide bonds. The van der Waals surface area contributed by atoms with Crippen LogP contribution in [0.1, 0.15) is 50.9 Å². The number of rotatable bonds is 7. The second kappa shape index (κ2) is 8.28. The lowest BCUT2D eigenvalue weighted by Crippen LogP contribution is -2.13. The number of nitrogens with zero attached hydrogens (tertiary/aromatic N) is 2. The average Bonchev–Trinajstić information content (AvgIpc) is 3.44. The van der Waals surface area contributed by atoms with Crippen molar-refractivity contribution in [1.29, 1.82) is 5.26 Å². The van der Waals surface area contributed by atoms with Crippen LogP contribution >= 0.6 is 11.3 Å². The third-order valence-electron chi connectivity index (χ3n) is 4.34. The lowest BCUT2D eigenvalue weighted by atomic mass is 10.1. The number of amides is 1. The first kappa shape index (κ1) is 20.3. The number of esters is 1. The van der Waals surface area contributed by atoms with Gasteiger partial charge < -0.3 is 15.4 Å². The molecule has 150 valence electrons. The second-order valence-electron chi connectivity index (χ2n) is 6.45. The third kappa shape index (κ3) is 4.35. The molecule has 1 aromatic heterocycles. The summed E-state index contributed by atoms with van der Waals surface area (Å²) in [5.41, 5.74) is 0.822. The summed E-state index contributed by atoms with van der Waals surface area (Å²) >= 11 is 0.937. The van der Waals surface area contributed by atoms with Gasteiger partial charge in [-0.2, -0.15) is 5.26 Å². The zero-order chi connectivity index (χ0) is 21.1. The molecule has 1 saturated carbocycles. The van der Waals surface area contributed by atoms with Gasteiger partial charge in [0.15, 0.2) is 0 Å². The minimum atomic E-state index is -0.612. The van der Waals surface area contributed by atoms with Crippen LogP contribution < -0.4 is 10.6 Å². The molecule has 0 spiro atoms. The van der Waals surface area contributed by atoms with Crippen LogP contribution in [-0.4, -0.2) is 29.4 Å². The van der Waals surface area contributed by atoms with Crippen LogP contribution in [0.2, 0.25) is 0 Å². The summed E-state index contributed by atoms with van der Waals surface area (Å²) in [5, 5.41) is 26.6. The van der Waals surface area contributed by atoms with Gasteiger partial charge in [-0.15, -0.1) is 11.3 Å². The average molecular weight is 414 g/mol.